The fraction of sp³-hybridized carbons (Fsp3) is 0.750. The molecule has 0 heterocycles. The highest BCUT2D eigenvalue weighted by Crippen LogP contribution is 2.48. The second-order valence-corrected chi connectivity index (χ2v) is 6.67. The highest BCUT2D eigenvalue weighted by Gasteiger charge is 2.45. The molecule has 0 bridgehead atoms. The number of hydrogen-bond donors (Lipinski definition) is 0. The summed E-state index contributed by atoms with van der Waals surface area (Å²) in [6, 6.07) is 0. The highest BCUT2D eigenvalue weighted by molar-refractivity contribution is 5.99. The summed E-state index contributed by atoms with van der Waals surface area (Å²) in [4.78, 5) is 24.5. The minimum Gasteiger partial charge on any atom is -0.466 e. The average Bonchev–Trinajstić information content (AvgIpc) is 2.26. The molecule has 0 spiro atoms. The highest BCUT2D eigenvalue weighted by atomic mass is 16.5. The predicted octanol–water partition coefficient (Wildman–Crippen LogP) is 3.28. The first-order valence-electron chi connectivity index (χ1n) is 7.25. The van der Waals surface area contributed by atoms with Crippen LogP contribution in [0.4, 0.5) is 0 Å². The zero-order valence-corrected chi connectivity index (χ0v) is 12.4. The first-order chi connectivity index (χ1) is 8.85. The summed E-state index contributed by atoms with van der Waals surface area (Å²) in [5, 5.41) is 0. The Morgan fingerprint density at radius 3 is 2.74 bits per heavy atom. The van der Waals surface area contributed by atoms with Crippen LogP contribution in [0.2, 0.25) is 0 Å². The number of hydrogen-bond acceptors (Lipinski definition) is 3. The van der Waals surface area contributed by atoms with Crippen molar-refractivity contribution in [2.45, 2.75) is 53.4 Å². The molecule has 1 saturated carbocycles. The summed E-state index contributed by atoms with van der Waals surface area (Å²) >= 11 is 0. The van der Waals surface area contributed by atoms with E-state index in [1.54, 1.807) is 0 Å². The van der Waals surface area contributed by atoms with Crippen molar-refractivity contribution in [2.75, 3.05) is 6.61 Å². The summed E-state index contributed by atoms with van der Waals surface area (Å²) in [7, 11) is 0. The maximum atomic E-state index is 12.4. The molecule has 0 radical (unpaired) electrons. The predicted molar refractivity (Wildman–Crippen MR) is 73.6 cm³/mol. The van der Waals surface area contributed by atoms with Gasteiger partial charge in [-0.3, -0.25) is 9.59 Å². The maximum absolute atomic E-state index is 12.4. The molecule has 0 aromatic rings. The maximum Gasteiger partial charge on any atom is 0.309 e. The van der Waals surface area contributed by atoms with Crippen LogP contribution >= 0.6 is 0 Å². The fourth-order valence-electron chi connectivity index (χ4n) is 3.64. The third-order valence-electron chi connectivity index (χ3n) is 4.45. The molecule has 0 amide bonds. The van der Waals surface area contributed by atoms with E-state index in [1.807, 2.05) is 13.8 Å². The Morgan fingerprint density at radius 1 is 1.42 bits per heavy atom. The lowest BCUT2D eigenvalue weighted by Crippen LogP contribution is -2.40. The van der Waals surface area contributed by atoms with E-state index in [0.29, 0.717) is 13.0 Å². The summed E-state index contributed by atoms with van der Waals surface area (Å²) < 4.78 is 5.20. The lowest BCUT2D eigenvalue weighted by atomic mass is 9.61. The van der Waals surface area contributed by atoms with Gasteiger partial charge in [-0.2, -0.15) is 0 Å². The van der Waals surface area contributed by atoms with Gasteiger partial charge in [-0.15, -0.1) is 0 Å². The molecule has 2 rings (SSSR count). The van der Waals surface area contributed by atoms with E-state index >= 15 is 0 Å². The van der Waals surface area contributed by atoms with E-state index in [2.05, 4.69) is 13.8 Å². The van der Waals surface area contributed by atoms with Gasteiger partial charge >= 0.3 is 5.97 Å². The van der Waals surface area contributed by atoms with Crippen LogP contribution in [-0.2, 0) is 14.3 Å². The molecule has 0 aliphatic heterocycles. The Labute approximate surface area is 115 Å². The first-order valence-corrected chi connectivity index (χ1v) is 7.25. The number of carbonyl (C=O) groups excluding carboxylic acids is 2. The zero-order valence-electron chi connectivity index (χ0n) is 12.4. The lowest BCUT2D eigenvalue weighted by molar-refractivity contribution is -0.151. The SMILES string of the molecule is CCOC(=O)[C@H]1CCC(C)=C2C(=O)CC(C)(C)C[C@H]21. The van der Waals surface area contributed by atoms with Crippen molar-refractivity contribution < 1.29 is 14.3 Å². The van der Waals surface area contributed by atoms with E-state index in [4.69, 9.17) is 4.74 Å². The van der Waals surface area contributed by atoms with Crippen molar-refractivity contribution >= 4 is 11.8 Å². The molecule has 2 aliphatic rings. The van der Waals surface area contributed by atoms with Gasteiger partial charge in [0.25, 0.3) is 0 Å². The smallest absolute Gasteiger partial charge is 0.309 e. The van der Waals surface area contributed by atoms with Gasteiger partial charge in [0.2, 0.25) is 0 Å². The fourth-order valence-corrected chi connectivity index (χ4v) is 3.64. The number of rotatable bonds is 2. The summed E-state index contributed by atoms with van der Waals surface area (Å²) in [6.07, 6.45) is 3.18. The Balaban J connectivity index is 2.32. The molecule has 0 N–H and O–H groups in total. The van der Waals surface area contributed by atoms with Crippen molar-refractivity contribution in [3.05, 3.63) is 11.1 Å². The molecule has 0 saturated heterocycles. The quantitative estimate of drug-likeness (QED) is 0.719. The van der Waals surface area contributed by atoms with Gasteiger partial charge in [-0.05, 0) is 44.1 Å². The van der Waals surface area contributed by atoms with Crippen LogP contribution in [0.15, 0.2) is 11.1 Å². The molecule has 2 atom stereocenters. The molecule has 3 nitrogen and oxygen atoms in total. The van der Waals surface area contributed by atoms with Crippen molar-refractivity contribution in [1.29, 1.82) is 0 Å². The number of ether oxygens (including phenoxy) is 1. The summed E-state index contributed by atoms with van der Waals surface area (Å²) in [6.45, 7) is 8.53. The van der Waals surface area contributed by atoms with Crippen LogP contribution in [0.3, 0.4) is 0 Å². The molecule has 0 unspecified atom stereocenters. The average molecular weight is 264 g/mol. The van der Waals surface area contributed by atoms with Crippen molar-refractivity contribution in [1.82, 2.24) is 0 Å². The Kier molecular flexibility index (Phi) is 3.84. The van der Waals surface area contributed by atoms with Crippen LogP contribution in [0.25, 0.3) is 0 Å². The van der Waals surface area contributed by atoms with Gasteiger partial charge in [0.05, 0.1) is 12.5 Å². The third kappa shape index (κ3) is 2.75. The van der Waals surface area contributed by atoms with Gasteiger partial charge < -0.3 is 4.74 Å². The van der Waals surface area contributed by atoms with Gasteiger partial charge in [0, 0.05) is 12.3 Å². The lowest BCUT2D eigenvalue weighted by Gasteiger charge is -2.42. The van der Waals surface area contributed by atoms with E-state index in [-0.39, 0.29) is 29.0 Å². The molecule has 106 valence electrons. The molecule has 0 aromatic heterocycles. The number of carbonyl (C=O) groups is 2. The molecular formula is C16H24O3. The third-order valence-corrected chi connectivity index (χ3v) is 4.45. The second-order valence-electron chi connectivity index (χ2n) is 6.67. The van der Waals surface area contributed by atoms with E-state index in [9.17, 15) is 9.59 Å². The van der Waals surface area contributed by atoms with E-state index in [0.717, 1.165) is 24.8 Å². The Bertz CT molecular complexity index is 431. The van der Waals surface area contributed by atoms with Crippen molar-refractivity contribution in [3.63, 3.8) is 0 Å². The second kappa shape index (κ2) is 5.10. The topological polar surface area (TPSA) is 43.4 Å². The van der Waals surface area contributed by atoms with Gasteiger partial charge in [-0.1, -0.05) is 19.4 Å². The van der Waals surface area contributed by atoms with E-state index in [1.165, 1.54) is 5.57 Å². The number of esters is 1. The molecule has 0 aromatic carbocycles. The first kappa shape index (κ1) is 14.3. The Hall–Kier alpha value is -1.12. The summed E-state index contributed by atoms with van der Waals surface area (Å²) in [5.41, 5.74) is 2.11. The van der Waals surface area contributed by atoms with Crippen molar-refractivity contribution in [2.24, 2.45) is 17.3 Å². The largest absolute Gasteiger partial charge is 0.466 e. The molecule has 3 heteroatoms. The number of Topliss-reactive ketones (excluding diaryl/α,β-unsaturated/α-hetero) is 1. The van der Waals surface area contributed by atoms with Gasteiger partial charge in [0.1, 0.15) is 0 Å². The van der Waals surface area contributed by atoms with Crippen LogP contribution < -0.4 is 0 Å². The molecule has 19 heavy (non-hydrogen) atoms. The minimum atomic E-state index is -0.123. The standard InChI is InChI=1S/C16H24O3/c1-5-19-15(18)11-7-6-10(2)14-12(11)8-16(3,4)9-13(14)17/h11-12H,5-9H2,1-4H3/t11-,12-/m0/s1. The zero-order chi connectivity index (χ0) is 14.2. The number of allylic oxidation sites excluding steroid dienone is 2. The van der Waals surface area contributed by atoms with Crippen LogP contribution in [0.1, 0.15) is 53.4 Å². The number of ketones is 1. The molecular weight excluding hydrogens is 240 g/mol. The van der Waals surface area contributed by atoms with E-state index < -0.39 is 0 Å². The molecule has 1 fully saturated rings. The minimum absolute atomic E-state index is 0.00633. The normalized spacial score (nSPS) is 30.0. The van der Waals surface area contributed by atoms with Gasteiger partial charge in [0.15, 0.2) is 5.78 Å². The summed E-state index contributed by atoms with van der Waals surface area (Å²) in [5.74, 6) is 0.0713. The van der Waals surface area contributed by atoms with Crippen molar-refractivity contribution in [3.8, 4) is 0 Å². The molecule has 2 aliphatic carbocycles. The van der Waals surface area contributed by atoms with Crippen LogP contribution in [0.5, 0.6) is 0 Å². The Morgan fingerprint density at radius 2 is 2.11 bits per heavy atom. The van der Waals surface area contributed by atoms with Crippen LogP contribution in [0, 0.1) is 17.3 Å². The number of fused-ring (bicyclic) bond motifs is 1. The van der Waals surface area contributed by atoms with Crippen LogP contribution in [-0.4, -0.2) is 18.4 Å². The monoisotopic (exact) mass is 264 g/mol. The van der Waals surface area contributed by atoms with Gasteiger partial charge in [-0.25, -0.2) is 0 Å².